The number of aryl methyl sites for hydroxylation is 2. The molecular formula is C19H15N5O2. The molecule has 26 heavy (non-hydrogen) atoms. The Morgan fingerprint density at radius 1 is 1.04 bits per heavy atom. The summed E-state index contributed by atoms with van der Waals surface area (Å²) in [4.78, 5) is 35.9. The zero-order valence-corrected chi connectivity index (χ0v) is 14.2. The zero-order valence-electron chi connectivity index (χ0n) is 14.2. The molecule has 3 aromatic rings. The van der Waals surface area contributed by atoms with Crippen LogP contribution in [0.2, 0.25) is 0 Å². The Bertz CT molecular complexity index is 1250. The molecule has 1 N–H and O–H groups in total. The van der Waals surface area contributed by atoms with Crippen LogP contribution in [0, 0.1) is 13.8 Å². The molecule has 2 aromatic carbocycles. The maximum Gasteiger partial charge on any atom is 0.368 e. The Hall–Kier alpha value is -3.61. The average molecular weight is 345 g/mol. The van der Waals surface area contributed by atoms with Crippen LogP contribution in [0.25, 0.3) is 5.69 Å². The van der Waals surface area contributed by atoms with Gasteiger partial charge >= 0.3 is 6.03 Å². The summed E-state index contributed by atoms with van der Waals surface area (Å²) in [6.45, 7) is 3.80. The molecule has 0 saturated heterocycles. The second-order valence-corrected chi connectivity index (χ2v) is 6.07. The molecule has 0 aliphatic carbocycles. The summed E-state index contributed by atoms with van der Waals surface area (Å²) >= 11 is 0. The van der Waals surface area contributed by atoms with Crippen molar-refractivity contribution in [2.45, 2.75) is 13.8 Å². The molecule has 4 rings (SSSR count). The standard InChI is InChI=1S/C19H15N5O2/c1-11-4-3-5-14(8-11)24-18(25)15(12(2)23-24)10-20-13-6-7-16-17(9-13)22-19(26)21-16/h3-10,23H,1-2H3. The first-order valence-electron chi connectivity index (χ1n) is 8.05. The number of aromatic amines is 1. The summed E-state index contributed by atoms with van der Waals surface area (Å²) in [7, 11) is 0. The monoisotopic (exact) mass is 345 g/mol. The van der Waals surface area contributed by atoms with Gasteiger partial charge in [0, 0.05) is 11.9 Å². The number of amides is 2. The van der Waals surface area contributed by atoms with Gasteiger partial charge in [-0.15, -0.1) is 0 Å². The Labute approximate surface area is 148 Å². The lowest BCUT2D eigenvalue weighted by molar-refractivity contribution is 0.256. The van der Waals surface area contributed by atoms with Crippen LogP contribution in [0.4, 0.5) is 10.5 Å². The number of rotatable bonds is 3. The summed E-state index contributed by atoms with van der Waals surface area (Å²) in [6.07, 6.45) is 1.52. The van der Waals surface area contributed by atoms with E-state index in [9.17, 15) is 9.59 Å². The number of carbonyl (C=O) groups excluding carboxylic acids is 1. The minimum Gasteiger partial charge on any atom is -0.295 e. The highest BCUT2D eigenvalue weighted by atomic mass is 16.2. The van der Waals surface area contributed by atoms with Crippen molar-refractivity contribution in [3.05, 3.63) is 80.4 Å². The minimum atomic E-state index is -0.511. The molecule has 7 heteroatoms. The highest BCUT2D eigenvalue weighted by molar-refractivity contribution is 5.83. The highest BCUT2D eigenvalue weighted by Gasteiger charge is 2.11. The van der Waals surface area contributed by atoms with E-state index < -0.39 is 6.03 Å². The van der Waals surface area contributed by atoms with Gasteiger partial charge in [-0.25, -0.2) is 9.48 Å². The van der Waals surface area contributed by atoms with Crippen LogP contribution in [0.15, 0.2) is 62.2 Å². The molecule has 0 radical (unpaired) electrons. The van der Waals surface area contributed by atoms with Crippen LogP contribution in [0.3, 0.4) is 0 Å². The lowest BCUT2D eigenvalue weighted by atomic mass is 10.2. The summed E-state index contributed by atoms with van der Waals surface area (Å²) < 4.78 is 1.50. The topological polar surface area (TPSA) is 91.9 Å². The van der Waals surface area contributed by atoms with E-state index in [0.29, 0.717) is 22.0 Å². The third-order valence-corrected chi connectivity index (χ3v) is 4.11. The molecule has 2 heterocycles. The van der Waals surface area contributed by atoms with E-state index in [1.807, 2.05) is 38.1 Å². The Morgan fingerprint density at radius 3 is 2.65 bits per heavy atom. The first-order chi connectivity index (χ1) is 12.5. The Morgan fingerprint density at radius 2 is 1.85 bits per heavy atom. The molecule has 128 valence electrons. The van der Waals surface area contributed by atoms with Crippen LogP contribution in [-0.4, -0.2) is 22.0 Å². The van der Waals surface area contributed by atoms with Gasteiger partial charge in [-0.05, 0) is 49.7 Å². The van der Waals surface area contributed by atoms with Gasteiger partial charge in [-0.3, -0.25) is 14.9 Å². The molecule has 0 unspecified atom stereocenters. The van der Waals surface area contributed by atoms with Gasteiger partial charge in [-0.2, -0.15) is 9.98 Å². The number of nitrogens with one attached hydrogen (secondary N) is 1. The molecule has 0 atom stereocenters. The average Bonchev–Trinajstić information content (AvgIpc) is 3.11. The summed E-state index contributed by atoms with van der Waals surface area (Å²) in [6, 6.07) is 12.3. The van der Waals surface area contributed by atoms with Crippen LogP contribution in [0.1, 0.15) is 16.8 Å². The molecule has 0 spiro atoms. The fourth-order valence-corrected chi connectivity index (χ4v) is 2.81. The quantitative estimate of drug-likeness (QED) is 0.735. The third-order valence-electron chi connectivity index (χ3n) is 4.11. The Balaban J connectivity index is 1.72. The molecular weight excluding hydrogens is 330 g/mol. The summed E-state index contributed by atoms with van der Waals surface area (Å²) in [5, 5.41) is 4.10. The highest BCUT2D eigenvalue weighted by Crippen LogP contribution is 2.10. The first kappa shape index (κ1) is 15.9. The van der Waals surface area contributed by atoms with E-state index in [1.165, 1.54) is 10.9 Å². The predicted molar refractivity (Wildman–Crippen MR) is 97.3 cm³/mol. The van der Waals surface area contributed by atoms with Gasteiger partial charge in [0.25, 0.3) is 5.56 Å². The first-order valence-corrected chi connectivity index (χ1v) is 8.05. The smallest absolute Gasteiger partial charge is 0.295 e. The number of H-pyrrole nitrogens is 1. The van der Waals surface area contributed by atoms with E-state index in [4.69, 9.17) is 0 Å². The number of aromatic nitrogens is 2. The molecule has 7 nitrogen and oxygen atoms in total. The predicted octanol–water partition coefficient (Wildman–Crippen LogP) is 1.91. The van der Waals surface area contributed by atoms with Crippen molar-refractivity contribution in [1.29, 1.82) is 0 Å². The van der Waals surface area contributed by atoms with Crippen molar-refractivity contribution in [3.63, 3.8) is 0 Å². The number of aliphatic imine (C=N–C) groups is 1. The van der Waals surface area contributed by atoms with E-state index in [0.717, 1.165) is 16.9 Å². The van der Waals surface area contributed by atoms with Crippen molar-refractivity contribution in [1.82, 2.24) is 9.78 Å². The fraction of sp³-hybridized carbons (Fsp3) is 0.105. The van der Waals surface area contributed by atoms with Crippen molar-refractivity contribution in [2.75, 3.05) is 0 Å². The van der Waals surface area contributed by atoms with Crippen molar-refractivity contribution >= 4 is 17.9 Å². The van der Waals surface area contributed by atoms with Gasteiger partial charge < -0.3 is 0 Å². The van der Waals surface area contributed by atoms with Gasteiger partial charge in [0.05, 0.1) is 27.7 Å². The van der Waals surface area contributed by atoms with Gasteiger partial charge in [0.15, 0.2) is 0 Å². The molecule has 1 aromatic heterocycles. The number of hydrogen-bond donors (Lipinski definition) is 1. The molecule has 0 saturated carbocycles. The van der Waals surface area contributed by atoms with Crippen LogP contribution < -0.4 is 16.3 Å². The van der Waals surface area contributed by atoms with Crippen LogP contribution in [0.5, 0.6) is 0 Å². The van der Waals surface area contributed by atoms with E-state index >= 15 is 0 Å². The van der Waals surface area contributed by atoms with E-state index in [2.05, 4.69) is 20.1 Å². The number of urea groups is 1. The van der Waals surface area contributed by atoms with Gasteiger partial charge in [-0.1, -0.05) is 12.1 Å². The third kappa shape index (κ3) is 2.79. The summed E-state index contributed by atoms with van der Waals surface area (Å²) in [5.74, 6) is 0. The zero-order chi connectivity index (χ0) is 18.3. The lowest BCUT2D eigenvalue weighted by Crippen LogP contribution is -2.20. The number of hydrogen-bond acceptors (Lipinski definition) is 3. The lowest BCUT2D eigenvalue weighted by Gasteiger charge is -2.02. The SMILES string of the molecule is Cc1cccc(-n2[nH]c(C)c(C=Nc3ccc4c(c3)=NC(=O)N=4)c2=O)c1. The fourth-order valence-electron chi connectivity index (χ4n) is 2.81. The van der Waals surface area contributed by atoms with Crippen LogP contribution >= 0.6 is 0 Å². The number of carbonyl (C=O) groups is 1. The maximum atomic E-state index is 12.7. The van der Waals surface area contributed by atoms with Crippen LogP contribution in [-0.2, 0) is 0 Å². The van der Waals surface area contributed by atoms with Gasteiger partial charge in [0.2, 0.25) is 0 Å². The molecule has 0 fully saturated rings. The second kappa shape index (κ2) is 6.03. The van der Waals surface area contributed by atoms with Crippen molar-refractivity contribution in [3.8, 4) is 5.69 Å². The second-order valence-electron chi connectivity index (χ2n) is 6.07. The van der Waals surface area contributed by atoms with Crippen molar-refractivity contribution < 1.29 is 4.79 Å². The largest absolute Gasteiger partial charge is 0.368 e. The molecule has 0 bridgehead atoms. The van der Waals surface area contributed by atoms with Gasteiger partial charge in [0.1, 0.15) is 0 Å². The number of nitrogens with zero attached hydrogens (tertiary/aromatic N) is 4. The minimum absolute atomic E-state index is 0.173. The maximum absolute atomic E-state index is 12.7. The van der Waals surface area contributed by atoms with Crippen molar-refractivity contribution in [2.24, 2.45) is 15.0 Å². The number of benzene rings is 2. The molecule has 2 amide bonds. The summed E-state index contributed by atoms with van der Waals surface area (Å²) in [5.41, 5.74) is 3.46. The number of fused-ring (bicyclic) bond motifs is 1. The normalized spacial score (nSPS) is 12.9. The Kier molecular flexibility index (Phi) is 3.69. The van der Waals surface area contributed by atoms with E-state index in [1.54, 1.807) is 18.2 Å². The molecule has 1 aliphatic heterocycles. The molecule has 1 aliphatic rings. The van der Waals surface area contributed by atoms with E-state index in [-0.39, 0.29) is 5.56 Å².